The smallest absolute Gasteiger partial charge is 0.306 e. The summed E-state index contributed by atoms with van der Waals surface area (Å²) >= 11 is 5.85. The molecule has 1 aliphatic heterocycles. The molecular weight excluding hydrogens is 346 g/mol. The summed E-state index contributed by atoms with van der Waals surface area (Å²) in [6.45, 7) is 0.964. The molecule has 1 fully saturated rings. The van der Waals surface area contributed by atoms with Crippen LogP contribution in [0.2, 0.25) is 5.02 Å². The zero-order chi connectivity index (χ0) is 17.8. The van der Waals surface area contributed by atoms with Crippen LogP contribution in [-0.2, 0) is 16.0 Å². The number of carbonyl (C=O) groups excluding carboxylic acids is 1. The van der Waals surface area contributed by atoms with Crippen LogP contribution in [0.15, 0.2) is 28.8 Å². The number of amides is 1. The van der Waals surface area contributed by atoms with Gasteiger partial charge in [-0.1, -0.05) is 16.8 Å². The monoisotopic (exact) mass is 363 g/mol. The Labute approximate surface area is 149 Å². The maximum atomic E-state index is 12.2. The van der Waals surface area contributed by atoms with Gasteiger partial charge in [-0.05, 0) is 37.1 Å². The summed E-state index contributed by atoms with van der Waals surface area (Å²) in [5, 5.41) is 13.5. The molecule has 0 aliphatic carbocycles. The van der Waals surface area contributed by atoms with E-state index in [2.05, 4.69) is 10.1 Å². The van der Waals surface area contributed by atoms with E-state index >= 15 is 0 Å². The summed E-state index contributed by atoms with van der Waals surface area (Å²) in [7, 11) is 0. The zero-order valence-corrected chi connectivity index (χ0v) is 14.3. The Kier molecular flexibility index (Phi) is 5.33. The Bertz CT molecular complexity index is 752. The second-order valence-electron chi connectivity index (χ2n) is 6.01. The lowest BCUT2D eigenvalue weighted by atomic mass is 9.97. The minimum Gasteiger partial charge on any atom is -0.481 e. The minimum absolute atomic E-state index is 0.0184. The van der Waals surface area contributed by atoms with Crippen LogP contribution in [0.4, 0.5) is 0 Å². The average molecular weight is 364 g/mol. The lowest BCUT2D eigenvalue weighted by Crippen LogP contribution is -2.40. The largest absolute Gasteiger partial charge is 0.481 e. The van der Waals surface area contributed by atoms with Crippen LogP contribution in [0, 0.1) is 5.92 Å². The zero-order valence-electron chi connectivity index (χ0n) is 13.5. The van der Waals surface area contributed by atoms with E-state index in [-0.39, 0.29) is 18.2 Å². The molecule has 0 saturated carbocycles. The number of aryl methyl sites for hydroxylation is 1. The van der Waals surface area contributed by atoms with Gasteiger partial charge in [0.25, 0.3) is 0 Å². The van der Waals surface area contributed by atoms with Crippen LogP contribution in [0.25, 0.3) is 11.4 Å². The van der Waals surface area contributed by atoms with Gasteiger partial charge in [0, 0.05) is 36.5 Å². The Morgan fingerprint density at radius 1 is 1.24 bits per heavy atom. The topological polar surface area (TPSA) is 96.5 Å². The predicted octanol–water partition coefficient (Wildman–Crippen LogP) is 2.65. The number of hydrogen-bond donors (Lipinski definition) is 1. The normalized spacial score (nSPS) is 15.3. The third-order valence-electron chi connectivity index (χ3n) is 4.32. The molecule has 1 aliphatic rings. The third-order valence-corrected chi connectivity index (χ3v) is 4.57. The quantitative estimate of drug-likeness (QED) is 0.877. The average Bonchev–Trinajstić information content (AvgIpc) is 3.09. The van der Waals surface area contributed by atoms with Gasteiger partial charge in [-0.2, -0.15) is 4.98 Å². The van der Waals surface area contributed by atoms with Crippen LogP contribution in [0.1, 0.15) is 25.2 Å². The summed E-state index contributed by atoms with van der Waals surface area (Å²) in [6.07, 6.45) is 1.63. The van der Waals surface area contributed by atoms with Crippen molar-refractivity contribution in [1.29, 1.82) is 0 Å². The van der Waals surface area contributed by atoms with Crippen LogP contribution in [-0.4, -0.2) is 45.1 Å². The fourth-order valence-electron chi connectivity index (χ4n) is 2.82. The summed E-state index contributed by atoms with van der Waals surface area (Å²) in [5.41, 5.74) is 0.793. The van der Waals surface area contributed by atoms with Gasteiger partial charge in [0.1, 0.15) is 0 Å². The van der Waals surface area contributed by atoms with Crippen molar-refractivity contribution in [2.24, 2.45) is 5.92 Å². The number of piperidine rings is 1. The molecule has 0 bridgehead atoms. The minimum atomic E-state index is -0.785. The van der Waals surface area contributed by atoms with E-state index in [1.807, 2.05) is 0 Å². The van der Waals surface area contributed by atoms with Crippen molar-refractivity contribution in [3.63, 3.8) is 0 Å². The summed E-state index contributed by atoms with van der Waals surface area (Å²) in [5.74, 6) is -0.287. The lowest BCUT2D eigenvalue weighted by Gasteiger charge is -2.30. The van der Waals surface area contributed by atoms with Crippen molar-refractivity contribution < 1.29 is 19.2 Å². The van der Waals surface area contributed by atoms with Gasteiger partial charge >= 0.3 is 5.97 Å². The van der Waals surface area contributed by atoms with E-state index in [0.29, 0.717) is 49.1 Å². The van der Waals surface area contributed by atoms with E-state index < -0.39 is 5.97 Å². The van der Waals surface area contributed by atoms with E-state index in [1.54, 1.807) is 29.2 Å². The first-order valence-electron chi connectivity index (χ1n) is 8.12. The van der Waals surface area contributed by atoms with Gasteiger partial charge < -0.3 is 14.5 Å². The van der Waals surface area contributed by atoms with Gasteiger partial charge in [-0.15, -0.1) is 0 Å². The van der Waals surface area contributed by atoms with Crippen molar-refractivity contribution in [3.8, 4) is 11.4 Å². The number of rotatable bonds is 5. The summed E-state index contributed by atoms with van der Waals surface area (Å²) < 4.78 is 5.19. The molecule has 1 saturated heterocycles. The number of carboxylic acid groups (broad SMARTS) is 1. The molecule has 1 aromatic carbocycles. The number of carbonyl (C=O) groups is 2. The molecule has 1 amide bonds. The molecule has 25 heavy (non-hydrogen) atoms. The van der Waals surface area contributed by atoms with Crippen molar-refractivity contribution in [2.45, 2.75) is 25.7 Å². The van der Waals surface area contributed by atoms with Gasteiger partial charge in [0.05, 0.1) is 5.92 Å². The van der Waals surface area contributed by atoms with Crippen molar-refractivity contribution in [2.75, 3.05) is 13.1 Å². The molecule has 2 heterocycles. The Hall–Kier alpha value is -2.41. The highest BCUT2D eigenvalue weighted by molar-refractivity contribution is 6.30. The SMILES string of the molecule is O=C(O)C1CCN(C(=O)CCc2nc(-c3ccc(Cl)cc3)no2)CC1. The number of carboxylic acids is 1. The standard InChI is InChI=1S/C17H18ClN3O4/c18-13-3-1-11(2-4-13)16-19-14(25-20-16)5-6-15(22)21-9-7-12(8-10-21)17(23)24/h1-4,12H,5-10H2,(H,23,24). The molecule has 132 valence electrons. The first-order valence-corrected chi connectivity index (χ1v) is 8.50. The summed E-state index contributed by atoms with van der Waals surface area (Å²) in [6, 6.07) is 7.10. The maximum absolute atomic E-state index is 12.2. The molecular formula is C17H18ClN3O4. The van der Waals surface area contributed by atoms with E-state index in [9.17, 15) is 9.59 Å². The molecule has 0 spiro atoms. The molecule has 0 radical (unpaired) electrons. The highest BCUT2D eigenvalue weighted by Crippen LogP contribution is 2.20. The number of aliphatic carboxylic acids is 1. The van der Waals surface area contributed by atoms with Gasteiger partial charge in [0.2, 0.25) is 17.6 Å². The molecule has 0 unspecified atom stereocenters. The number of aromatic nitrogens is 2. The van der Waals surface area contributed by atoms with Crippen molar-refractivity contribution in [1.82, 2.24) is 15.0 Å². The van der Waals surface area contributed by atoms with Crippen molar-refractivity contribution >= 4 is 23.5 Å². The molecule has 1 aromatic heterocycles. The highest BCUT2D eigenvalue weighted by atomic mass is 35.5. The fraction of sp³-hybridized carbons (Fsp3) is 0.412. The number of likely N-dealkylation sites (tertiary alicyclic amines) is 1. The second-order valence-corrected chi connectivity index (χ2v) is 6.45. The molecule has 2 aromatic rings. The number of hydrogen-bond acceptors (Lipinski definition) is 5. The van der Waals surface area contributed by atoms with Gasteiger partial charge in [-0.25, -0.2) is 0 Å². The molecule has 7 nitrogen and oxygen atoms in total. The van der Waals surface area contributed by atoms with E-state index in [4.69, 9.17) is 21.2 Å². The van der Waals surface area contributed by atoms with Crippen LogP contribution in [0.5, 0.6) is 0 Å². The first kappa shape index (κ1) is 17.4. The van der Waals surface area contributed by atoms with Crippen LogP contribution >= 0.6 is 11.6 Å². The number of halogens is 1. The Balaban J connectivity index is 1.51. The lowest BCUT2D eigenvalue weighted by molar-refractivity contribution is -0.145. The van der Waals surface area contributed by atoms with Crippen LogP contribution in [0.3, 0.4) is 0 Å². The third kappa shape index (κ3) is 4.36. The molecule has 3 rings (SSSR count). The van der Waals surface area contributed by atoms with Crippen molar-refractivity contribution in [3.05, 3.63) is 35.2 Å². The van der Waals surface area contributed by atoms with E-state index in [0.717, 1.165) is 5.56 Å². The Morgan fingerprint density at radius 3 is 2.56 bits per heavy atom. The maximum Gasteiger partial charge on any atom is 0.306 e. The number of benzene rings is 1. The fourth-order valence-corrected chi connectivity index (χ4v) is 2.95. The first-order chi connectivity index (χ1) is 12.0. The molecule has 1 N–H and O–H groups in total. The second kappa shape index (κ2) is 7.65. The highest BCUT2D eigenvalue weighted by Gasteiger charge is 2.26. The van der Waals surface area contributed by atoms with Crippen LogP contribution < -0.4 is 0 Å². The van der Waals surface area contributed by atoms with E-state index in [1.165, 1.54) is 0 Å². The van der Waals surface area contributed by atoms with Gasteiger partial charge in [-0.3, -0.25) is 9.59 Å². The Morgan fingerprint density at radius 2 is 1.92 bits per heavy atom. The molecule has 8 heteroatoms. The molecule has 0 atom stereocenters. The summed E-state index contributed by atoms with van der Waals surface area (Å²) in [4.78, 5) is 29.2. The number of nitrogens with zero attached hydrogens (tertiary/aromatic N) is 3. The van der Waals surface area contributed by atoms with Gasteiger partial charge in [0.15, 0.2) is 0 Å². The predicted molar refractivity (Wildman–Crippen MR) is 90.0 cm³/mol.